The maximum atomic E-state index is 13.4. The molecule has 0 amide bonds. The van der Waals surface area contributed by atoms with Gasteiger partial charge in [-0.05, 0) is 30.3 Å². The van der Waals surface area contributed by atoms with Crippen LogP contribution in [-0.4, -0.2) is 5.11 Å². The second kappa shape index (κ2) is 4.72. The zero-order chi connectivity index (χ0) is 11.5. The molecule has 0 aliphatic heterocycles. The molecule has 0 heterocycles. The monoisotopic (exact) mass is 251 g/mol. The van der Waals surface area contributed by atoms with E-state index in [1.165, 1.54) is 23.9 Å². The van der Waals surface area contributed by atoms with Crippen molar-refractivity contribution in [3.63, 3.8) is 0 Å². The van der Waals surface area contributed by atoms with E-state index in [1.807, 2.05) is 0 Å². The molecule has 81 valence electrons. The van der Waals surface area contributed by atoms with Crippen LogP contribution < -0.4 is 0 Å². The fraction of sp³-hybridized carbons (Fsp3) is 0. The van der Waals surface area contributed by atoms with E-state index in [0.717, 1.165) is 0 Å². The number of benzene rings is 2. The molecule has 1 radical (unpaired) electrons. The zero-order valence-electron chi connectivity index (χ0n) is 8.18. The Balaban J connectivity index is 2.34. The van der Waals surface area contributed by atoms with E-state index in [4.69, 9.17) is 12.6 Å². The molecular weight excluding hydrogens is 243 g/mol. The number of phenols is 1. The highest BCUT2D eigenvalue weighted by Gasteiger charge is 2.07. The summed E-state index contributed by atoms with van der Waals surface area (Å²) in [6.07, 6.45) is 0. The number of hydrogen-bond donors (Lipinski definition) is 1. The fourth-order valence-corrected chi connectivity index (χ4v) is 2.37. The molecule has 2 aromatic carbocycles. The first-order valence-corrected chi connectivity index (χ1v) is 5.82. The molecule has 4 heteroatoms. The van der Waals surface area contributed by atoms with Gasteiger partial charge in [-0.3, -0.25) is 0 Å². The van der Waals surface area contributed by atoms with Gasteiger partial charge in [-0.1, -0.05) is 36.5 Å². The Bertz CT molecular complexity index is 514. The van der Waals surface area contributed by atoms with Gasteiger partial charge in [0.1, 0.15) is 11.6 Å². The lowest BCUT2D eigenvalue weighted by Crippen LogP contribution is -1.81. The molecular formula is C12H8FOS2. The van der Waals surface area contributed by atoms with Crippen molar-refractivity contribution >= 4 is 24.4 Å². The van der Waals surface area contributed by atoms with Crippen LogP contribution in [0.4, 0.5) is 4.39 Å². The third kappa shape index (κ3) is 2.46. The molecule has 0 aliphatic rings. The minimum atomic E-state index is -0.287. The summed E-state index contributed by atoms with van der Waals surface area (Å²) in [7, 11) is 0. The predicted octanol–water partition coefficient (Wildman–Crippen LogP) is 4.24. The van der Waals surface area contributed by atoms with Crippen LogP contribution in [-0.2, 0) is 0 Å². The highest BCUT2D eigenvalue weighted by Crippen LogP contribution is 2.35. The van der Waals surface area contributed by atoms with Crippen LogP contribution in [0.2, 0.25) is 0 Å². The largest absolute Gasteiger partial charge is 0.508 e. The Hall–Kier alpha value is -1.26. The fourth-order valence-electron chi connectivity index (χ4n) is 1.22. The summed E-state index contributed by atoms with van der Waals surface area (Å²) in [4.78, 5) is 1.78. The molecule has 0 bridgehead atoms. The molecule has 1 N–H and O–H groups in total. The summed E-state index contributed by atoms with van der Waals surface area (Å²) >= 11 is 6.32. The van der Waals surface area contributed by atoms with Gasteiger partial charge < -0.3 is 5.11 Å². The second-order valence-electron chi connectivity index (χ2n) is 3.16. The van der Waals surface area contributed by atoms with Crippen LogP contribution in [0.5, 0.6) is 5.75 Å². The first-order chi connectivity index (χ1) is 7.66. The third-order valence-electron chi connectivity index (χ3n) is 1.98. The van der Waals surface area contributed by atoms with Gasteiger partial charge in [0.25, 0.3) is 0 Å². The van der Waals surface area contributed by atoms with E-state index in [1.54, 1.807) is 30.3 Å². The Morgan fingerprint density at radius 1 is 1.06 bits per heavy atom. The first-order valence-electron chi connectivity index (χ1n) is 4.59. The molecule has 0 saturated heterocycles. The quantitative estimate of drug-likeness (QED) is 0.861. The molecule has 0 unspecified atom stereocenters. The molecule has 0 aliphatic carbocycles. The zero-order valence-corrected chi connectivity index (χ0v) is 9.82. The minimum Gasteiger partial charge on any atom is -0.508 e. The van der Waals surface area contributed by atoms with E-state index in [9.17, 15) is 9.50 Å². The maximum Gasteiger partial charge on any atom is 0.137 e. The normalized spacial score (nSPS) is 10.3. The molecule has 2 aromatic rings. The maximum absolute atomic E-state index is 13.4. The van der Waals surface area contributed by atoms with E-state index in [2.05, 4.69) is 0 Å². The van der Waals surface area contributed by atoms with Gasteiger partial charge >= 0.3 is 0 Å². The van der Waals surface area contributed by atoms with Crippen LogP contribution in [0.3, 0.4) is 0 Å². The van der Waals surface area contributed by atoms with Gasteiger partial charge in [-0.2, -0.15) is 0 Å². The third-order valence-corrected chi connectivity index (χ3v) is 3.58. The van der Waals surface area contributed by atoms with Crippen molar-refractivity contribution in [1.82, 2.24) is 0 Å². The van der Waals surface area contributed by atoms with Crippen LogP contribution in [0.15, 0.2) is 57.2 Å². The second-order valence-corrected chi connectivity index (χ2v) is 4.69. The molecule has 0 saturated carbocycles. The molecule has 1 nitrogen and oxygen atoms in total. The van der Waals surface area contributed by atoms with Crippen LogP contribution >= 0.6 is 24.4 Å². The number of halogens is 1. The lowest BCUT2D eigenvalue weighted by atomic mass is 10.3. The topological polar surface area (TPSA) is 20.2 Å². The van der Waals surface area contributed by atoms with Gasteiger partial charge in [0, 0.05) is 9.79 Å². The summed E-state index contributed by atoms with van der Waals surface area (Å²) in [6.45, 7) is 0. The highest BCUT2D eigenvalue weighted by atomic mass is 32.2. The van der Waals surface area contributed by atoms with Crippen molar-refractivity contribution in [3.05, 3.63) is 48.3 Å². The summed E-state index contributed by atoms with van der Waals surface area (Å²) in [5.74, 6) is -0.155. The van der Waals surface area contributed by atoms with Crippen LogP contribution in [0.25, 0.3) is 0 Å². The van der Waals surface area contributed by atoms with Crippen LogP contribution in [0, 0.1) is 5.82 Å². The van der Waals surface area contributed by atoms with E-state index < -0.39 is 0 Å². The Labute approximate surface area is 103 Å². The first kappa shape index (κ1) is 11.2. The van der Waals surface area contributed by atoms with E-state index >= 15 is 0 Å². The van der Waals surface area contributed by atoms with Crippen molar-refractivity contribution in [1.29, 1.82) is 0 Å². The average Bonchev–Trinajstić information content (AvgIpc) is 2.27. The minimum absolute atomic E-state index is 0.132. The predicted molar refractivity (Wildman–Crippen MR) is 64.5 cm³/mol. The smallest absolute Gasteiger partial charge is 0.137 e. The lowest BCUT2D eigenvalue weighted by Gasteiger charge is -2.05. The number of hydrogen-bond acceptors (Lipinski definition) is 2. The summed E-state index contributed by atoms with van der Waals surface area (Å²) in [5, 5.41) is 9.33. The van der Waals surface area contributed by atoms with Crippen molar-refractivity contribution in [2.24, 2.45) is 0 Å². The molecule has 16 heavy (non-hydrogen) atoms. The average molecular weight is 251 g/mol. The number of phenolic OH excluding ortho intramolecular Hbond substituents is 1. The van der Waals surface area contributed by atoms with Gasteiger partial charge in [0.2, 0.25) is 0 Å². The molecule has 0 aromatic heterocycles. The van der Waals surface area contributed by atoms with E-state index in [-0.39, 0.29) is 11.6 Å². The van der Waals surface area contributed by atoms with Crippen molar-refractivity contribution in [3.8, 4) is 5.75 Å². The molecule has 0 atom stereocenters. The Kier molecular flexibility index (Phi) is 3.31. The molecule has 0 fully saturated rings. The van der Waals surface area contributed by atoms with Gasteiger partial charge in [0.05, 0.1) is 4.90 Å². The van der Waals surface area contributed by atoms with Crippen molar-refractivity contribution < 1.29 is 9.50 Å². The van der Waals surface area contributed by atoms with E-state index in [0.29, 0.717) is 14.7 Å². The highest BCUT2D eigenvalue weighted by molar-refractivity contribution is 7.99. The summed E-state index contributed by atoms with van der Waals surface area (Å²) < 4.78 is 13.4. The van der Waals surface area contributed by atoms with Gasteiger partial charge in [0.15, 0.2) is 0 Å². The lowest BCUT2D eigenvalue weighted by molar-refractivity contribution is 0.473. The van der Waals surface area contributed by atoms with Crippen LogP contribution in [0.1, 0.15) is 0 Å². The number of rotatable bonds is 2. The van der Waals surface area contributed by atoms with Crippen molar-refractivity contribution in [2.45, 2.75) is 14.7 Å². The van der Waals surface area contributed by atoms with Gasteiger partial charge in [-0.25, -0.2) is 4.39 Å². The van der Waals surface area contributed by atoms with Crippen molar-refractivity contribution in [2.75, 3.05) is 0 Å². The number of aromatic hydroxyl groups is 1. The molecule has 2 rings (SSSR count). The summed E-state index contributed by atoms with van der Waals surface area (Å²) in [6, 6.07) is 11.2. The SMILES string of the molecule is Oc1ccc([S])c(Sc2ccccc2F)c1. The summed E-state index contributed by atoms with van der Waals surface area (Å²) in [5.41, 5.74) is 0. The standard InChI is InChI=1S/C12H8FOS2/c13-9-3-1-2-4-11(9)16-12-7-8(14)5-6-10(12)15/h1-7,14H. The Morgan fingerprint density at radius 2 is 1.81 bits per heavy atom. The van der Waals surface area contributed by atoms with Gasteiger partial charge in [-0.15, -0.1) is 0 Å². The Morgan fingerprint density at radius 3 is 2.56 bits per heavy atom. The molecule has 0 spiro atoms.